The number of anilines is 1. The Hall–Kier alpha value is -5.00. The maximum atomic E-state index is 13.6. The number of aryl methyl sites for hydroxylation is 1. The van der Waals surface area contributed by atoms with Crippen LogP contribution in [0.3, 0.4) is 0 Å². The number of benzene rings is 4. The lowest BCUT2D eigenvalue weighted by molar-refractivity contribution is -0.132. The molecule has 5 aromatic rings. The van der Waals surface area contributed by atoms with Gasteiger partial charge in [-0.2, -0.15) is 0 Å². The van der Waals surface area contributed by atoms with Crippen LogP contribution in [0.2, 0.25) is 0 Å². The summed E-state index contributed by atoms with van der Waals surface area (Å²) in [5.74, 6) is -0.556. The molecule has 6 rings (SSSR count). The van der Waals surface area contributed by atoms with Gasteiger partial charge in [0.2, 0.25) is 5.13 Å². The van der Waals surface area contributed by atoms with Crippen molar-refractivity contribution in [3.8, 4) is 11.5 Å². The van der Waals surface area contributed by atoms with Crippen LogP contribution < -0.4 is 14.4 Å². The number of hydrogen-bond donors (Lipinski definition) is 1. The van der Waals surface area contributed by atoms with Crippen LogP contribution in [0.5, 0.6) is 11.5 Å². The molecule has 1 N–H and O–H groups in total. The van der Waals surface area contributed by atoms with Crippen LogP contribution in [0.4, 0.5) is 9.52 Å². The molecule has 0 saturated carbocycles. The number of hydrogen-bond acceptors (Lipinski definition) is 9. The maximum absolute atomic E-state index is 13.6. The molecule has 0 spiro atoms. The Morgan fingerprint density at radius 3 is 2.30 bits per heavy atom. The van der Waals surface area contributed by atoms with Gasteiger partial charge in [-0.05, 0) is 84.6 Å². The van der Waals surface area contributed by atoms with Crippen LogP contribution in [0, 0.1) is 12.7 Å². The second-order valence-electron chi connectivity index (χ2n) is 10.7. The highest BCUT2D eigenvalue weighted by Gasteiger charge is 2.48. The molecule has 1 atom stereocenters. The van der Waals surface area contributed by atoms with E-state index in [4.69, 9.17) is 9.47 Å². The highest BCUT2D eigenvalue weighted by Crippen LogP contribution is 2.44. The number of ketones is 1. The number of aromatic nitrogens is 2. The molecule has 1 aliphatic heterocycles. The Balaban J connectivity index is 1.30. The molecule has 0 radical (unpaired) electrons. The zero-order valence-corrected chi connectivity index (χ0v) is 27.2. The molecule has 1 aromatic heterocycles. The van der Waals surface area contributed by atoms with Gasteiger partial charge >= 0.3 is 5.91 Å². The summed E-state index contributed by atoms with van der Waals surface area (Å²) in [6, 6.07) is 26.9. The summed E-state index contributed by atoms with van der Waals surface area (Å²) < 4.78 is 25.4. The van der Waals surface area contributed by atoms with E-state index in [1.807, 2.05) is 38.1 Å². The van der Waals surface area contributed by atoms with Crippen LogP contribution in [0.1, 0.15) is 40.8 Å². The Labute approximate surface area is 279 Å². The van der Waals surface area contributed by atoms with Crippen molar-refractivity contribution >= 4 is 45.7 Å². The highest BCUT2D eigenvalue weighted by molar-refractivity contribution is 8.00. The van der Waals surface area contributed by atoms with Crippen molar-refractivity contribution in [1.82, 2.24) is 10.2 Å². The Kier molecular flexibility index (Phi) is 9.65. The van der Waals surface area contributed by atoms with Gasteiger partial charge in [0.05, 0.1) is 18.2 Å². The third kappa shape index (κ3) is 7.06. The lowest BCUT2D eigenvalue weighted by atomic mass is 9.95. The standard InChI is InChI=1S/C36H30FN3O5S2/c1-3-44-28-16-10-24(11-17-28)31-30(32(41)25-12-18-29(19-13-25)45-20-26-7-5-4-6-22(26)2)33(42)34(43)40(31)35-38-39-36(47-35)46-21-23-8-14-27(37)15-9-23/h4-19,31,41H,3,20-21H2,1-2H3/b32-30+. The third-order valence-electron chi connectivity index (χ3n) is 7.61. The molecule has 238 valence electrons. The molecule has 1 saturated heterocycles. The SMILES string of the molecule is CCOc1ccc(C2/C(=C(\O)c3ccc(OCc4ccccc4C)cc3)C(=O)C(=O)N2c2nnc(SCc3ccc(F)cc3)s2)cc1. The summed E-state index contributed by atoms with van der Waals surface area (Å²) in [5, 5.41) is 20.3. The van der Waals surface area contributed by atoms with Gasteiger partial charge in [-0.3, -0.25) is 14.5 Å². The van der Waals surface area contributed by atoms with E-state index in [-0.39, 0.29) is 22.3 Å². The van der Waals surface area contributed by atoms with Gasteiger partial charge in [-0.1, -0.05) is 71.6 Å². The zero-order chi connectivity index (χ0) is 32.9. The molecule has 1 aliphatic rings. The van der Waals surface area contributed by atoms with Crippen molar-refractivity contribution in [3.63, 3.8) is 0 Å². The van der Waals surface area contributed by atoms with E-state index in [1.54, 1.807) is 60.7 Å². The minimum absolute atomic E-state index is 0.0662. The Bertz CT molecular complexity index is 1930. The van der Waals surface area contributed by atoms with Gasteiger partial charge in [0.25, 0.3) is 5.78 Å². The van der Waals surface area contributed by atoms with Crippen LogP contribution >= 0.6 is 23.1 Å². The third-order valence-corrected chi connectivity index (χ3v) is 9.74. The minimum Gasteiger partial charge on any atom is -0.507 e. The zero-order valence-electron chi connectivity index (χ0n) is 25.6. The smallest absolute Gasteiger partial charge is 0.301 e. The minimum atomic E-state index is -0.967. The summed E-state index contributed by atoms with van der Waals surface area (Å²) in [6.07, 6.45) is 0. The molecule has 1 unspecified atom stereocenters. The van der Waals surface area contributed by atoms with Crippen molar-refractivity contribution in [2.45, 2.75) is 36.6 Å². The van der Waals surface area contributed by atoms with Crippen molar-refractivity contribution < 1.29 is 28.6 Å². The van der Waals surface area contributed by atoms with Gasteiger partial charge in [-0.15, -0.1) is 10.2 Å². The van der Waals surface area contributed by atoms with E-state index in [1.165, 1.54) is 28.8 Å². The van der Waals surface area contributed by atoms with Crippen LogP contribution in [-0.4, -0.2) is 33.6 Å². The molecule has 4 aromatic carbocycles. The number of aliphatic hydroxyl groups is 1. The lowest BCUT2D eigenvalue weighted by Gasteiger charge is -2.22. The topological polar surface area (TPSA) is 102 Å². The van der Waals surface area contributed by atoms with Crippen LogP contribution in [0.15, 0.2) is 107 Å². The number of aliphatic hydroxyl groups excluding tert-OH is 1. The summed E-state index contributed by atoms with van der Waals surface area (Å²) in [7, 11) is 0. The predicted molar refractivity (Wildman–Crippen MR) is 180 cm³/mol. The van der Waals surface area contributed by atoms with Crippen molar-refractivity contribution in [2.24, 2.45) is 0 Å². The lowest BCUT2D eigenvalue weighted by Crippen LogP contribution is -2.29. The highest BCUT2D eigenvalue weighted by atomic mass is 32.2. The first-order valence-electron chi connectivity index (χ1n) is 14.8. The first-order chi connectivity index (χ1) is 22.8. The molecule has 11 heteroatoms. The van der Waals surface area contributed by atoms with E-state index >= 15 is 0 Å². The molecular formula is C36H30FN3O5S2. The van der Waals surface area contributed by atoms with E-state index in [0.717, 1.165) is 28.0 Å². The van der Waals surface area contributed by atoms with Gasteiger partial charge in [-0.25, -0.2) is 4.39 Å². The first-order valence-corrected chi connectivity index (χ1v) is 16.6. The average molecular weight is 668 g/mol. The number of amides is 1. The number of halogens is 1. The monoisotopic (exact) mass is 667 g/mol. The van der Waals surface area contributed by atoms with E-state index in [9.17, 15) is 19.1 Å². The van der Waals surface area contributed by atoms with Gasteiger partial charge in [0.15, 0.2) is 4.34 Å². The van der Waals surface area contributed by atoms with Crippen LogP contribution in [0.25, 0.3) is 5.76 Å². The normalized spacial score (nSPS) is 15.6. The second kappa shape index (κ2) is 14.2. The molecule has 1 amide bonds. The summed E-state index contributed by atoms with van der Waals surface area (Å²) in [5.41, 5.74) is 3.95. The summed E-state index contributed by atoms with van der Waals surface area (Å²) >= 11 is 2.54. The maximum Gasteiger partial charge on any atom is 0.301 e. The fourth-order valence-corrected chi connectivity index (χ4v) is 6.96. The molecule has 2 heterocycles. The van der Waals surface area contributed by atoms with Gasteiger partial charge < -0.3 is 14.6 Å². The molecule has 47 heavy (non-hydrogen) atoms. The van der Waals surface area contributed by atoms with Gasteiger partial charge in [0.1, 0.15) is 29.7 Å². The number of nitrogens with zero attached hydrogens (tertiary/aromatic N) is 3. The second-order valence-corrected chi connectivity index (χ2v) is 12.9. The van der Waals surface area contributed by atoms with Gasteiger partial charge in [0, 0.05) is 11.3 Å². The quantitative estimate of drug-likeness (QED) is 0.0499. The summed E-state index contributed by atoms with van der Waals surface area (Å²) in [6.45, 7) is 4.76. The molecule has 1 fully saturated rings. The fourth-order valence-electron chi connectivity index (χ4n) is 5.14. The number of rotatable bonds is 11. The summed E-state index contributed by atoms with van der Waals surface area (Å²) in [4.78, 5) is 28.5. The van der Waals surface area contributed by atoms with Crippen molar-refractivity contribution in [2.75, 3.05) is 11.5 Å². The van der Waals surface area contributed by atoms with Crippen molar-refractivity contribution in [3.05, 3.63) is 136 Å². The van der Waals surface area contributed by atoms with Crippen LogP contribution in [-0.2, 0) is 21.9 Å². The molecular weight excluding hydrogens is 638 g/mol. The largest absolute Gasteiger partial charge is 0.507 e. The first kappa shape index (κ1) is 32.0. The van der Waals surface area contributed by atoms with E-state index in [0.29, 0.717) is 45.9 Å². The number of ether oxygens (including phenoxy) is 2. The average Bonchev–Trinajstić information content (AvgIpc) is 3.66. The fraction of sp³-hybridized carbons (Fsp3) is 0.167. The number of Topliss-reactive ketones (excluding diaryl/α,β-unsaturated/α-hetero) is 1. The Morgan fingerprint density at radius 2 is 1.60 bits per heavy atom. The number of thioether (sulfide) groups is 1. The molecule has 0 aliphatic carbocycles. The van der Waals surface area contributed by atoms with E-state index in [2.05, 4.69) is 10.2 Å². The molecule has 0 bridgehead atoms. The number of carbonyl (C=O) groups excluding carboxylic acids is 2. The van der Waals surface area contributed by atoms with E-state index < -0.39 is 17.7 Å². The Morgan fingerprint density at radius 1 is 0.915 bits per heavy atom. The van der Waals surface area contributed by atoms with Crippen molar-refractivity contribution in [1.29, 1.82) is 0 Å². The number of carbonyl (C=O) groups is 2. The predicted octanol–water partition coefficient (Wildman–Crippen LogP) is 7.88. The molecule has 8 nitrogen and oxygen atoms in total.